The first-order chi connectivity index (χ1) is 29.6. The maximum atomic E-state index is 15.4. The first-order valence-corrected chi connectivity index (χ1v) is 20.5. The molecule has 11 atom stereocenters. The molecule has 3 aliphatic rings. The molecule has 63 heavy (non-hydrogen) atoms. The van der Waals surface area contributed by atoms with Crippen LogP contribution in [0.3, 0.4) is 0 Å². The quantitative estimate of drug-likeness (QED) is 0.0921. The normalized spacial score (nSPS) is 30.9. The number of carbonyl (C=O) groups is 6. The standard InChI is InChI=1S/C47H53NO15/c1-25-31(62-43(57)36(53)35(28-16-10-7-11-17-28)48-41(55)29-18-12-8-13-19-29)23-47(59)40(63-42(56)30-20-14-9-15-21-30)38-45(6,32(51)22-33(52)46(38,58)24-60-26(2)49)39(54)37(61-27(3)50)34(25)44(47,4)5/h7-21,31-33,35-38,40,51-53,58-59H,22-24H2,1-6H3,(H,48,55)/t31-,32-,33-,35?,36+,37+,38?,40-,45+,46-,47+/m0/s1. The van der Waals surface area contributed by atoms with Gasteiger partial charge < -0.3 is 49.8 Å². The fourth-order valence-electron chi connectivity index (χ4n) is 9.67. The molecule has 16 heteroatoms. The van der Waals surface area contributed by atoms with Crippen LogP contribution in [-0.2, 0) is 38.1 Å². The number of hydrogen-bond donors (Lipinski definition) is 6. The van der Waals surface area contributed by atoms with Crippen molar-refractivity contribution in [1.29, 1.82) is 0 Å². The number of aliphatic hydroxyl groups excluding tert-OH is 3. The summed E-state index contributed by atoms with van der Waals surface area (Å²) in [6, 6.07) is 22.3. The van der Waals surface area contributed by atoms with Crippen molar-refractivity contribution in [2.24, 2.45) is 16.7 Å². The maximum Gasteiger partial charge on any atom is 0.338 e. The van der Waals surface area contributed by atoms with E-state index in [0.717, 1.165) is 13.8 Å². The first-order valence-electron chi connectivity index (χ1n) is 20.5. The summed E-state index contributed by atoms with van der Waals surface area (Å²) in [5.74, 6) is -7.97. The van der Waals surface area contributed by atoms with Crippen molar-refractivity contribution in [3.8, 4) is 0 Å². The zero-order valence-electron chi connectivity index (χ0n) is 35.7. The largest absolute Gasteiger partial charge is 0.463 e. The second kappa shape index (κ2) is 17.8. The third-order valence-corrected chi connectivity index (χ3v) is 13.2. The van der Waals surface area contributed by atoms with E-state index >= 15 is 4.79 Å². The summed E-state index contributed by atoms with van der Waals surface area (Å²) in [7, 11) is 0. The van der Waals surface area contributed by atoms with Crippen LogP contribution in [0.25, 0.3) is 0 Å². The second-order valence-electron chi connectivity index (χ2n) is 17.3. The number of aliphatic hydroxyl groups is 5. The van der Waals surface area contributed by atoms with E-state index in [9.17, 15) is 49.5 Å². The number of ether oxygens (including phenoxy) is 4. The van der Waals surface area contributed by atoms with Gasteiger partial charge >= 0.3 is 23.9 Å². The van der Waals surface area contributed by atoms with Gasteiger partial charge in [0, 0.05) is 43.6 Å². The number of Topliss-reactive ketones (excluding diaryl/α,β-unsaturated/α-hetero) is 1. The van der Waals surface area contributed by atoms with Gasteiger partial charge in [-0.2, -0.15) is 0 Å². The van der Waals surface area contributed by atoms with Crippen molar-refractivity contribution in [1.82, 2.24) is 5.32 Å². The third kappa shape index (κ3) is 8.41. The molecule has 6 rings (SSSR count). The topological polar surface area (TPSA) is 253 Å². The number of benzene rings is 3. The lowest BCUT2D eigenvalue weighted by atomic mass is 9.45. The van der Waals surface area contributed by atoms with Crippen LogP contribution in [-0.4, -0.2) is 116 Å². The maximum absolute atomic E-state index is 15.4. The molecule has 16 nitrogen and oxygen atoms in total. The molecular weight excluding hydrogens is 819 g/mol. The molecule has 3 aromatic carbocycles. The zero-order valence-corrected chi connectivity index (χ0v) is 35.7. The van der Waals surface area contributed by atoms with Crippen LogP contribution in [0.5, 0.6) is 0 Å². The molecular formula is C47H53NO15. The number of fused-ring (bicyclic) bond motifs is 3. The molecule has 0 aromatic heterocycles. The Hall–Kier alpha value is -5.78. The summed E-state index contributed by atoms with van der Waals surface area (Å²) in [6.07, 6.45) is -13.0. The SMILES string of the molecule is CC(=O)OC[C@@]1(O)C2[C@H](OC(=O)c3ccccc3)[C@]3(O)C[C@H](OC(=O)[C@H](O)C(NC(=O)c4ccccc4)c4ccccc4)C(C)=C([C@@H](OC(C)=O)C(=O)[C@]2(C)[C@@H](O)C[C@@H]1O)C3(C)C. The highest BCUT2D eigenvalue weighted by molar-refractivity contribution is 5.96. The molecule has 336 valence electrons. The zero-order chi connectivity index (χ0) is 46.2. The Morgan fingerprint density at radius 1 is 0.778 bits per heavy atom. The van der Waals surface area contributed by atoms with E-state index < -0.39 is 126 Å². The van der Waals surface area contributed by atoms with Crippen molar-refractivity contribution in [2.75, 3.05) is 6.61 Å². The van der Waals surface area contributed by atoms with Gasteiger partial charge in [0.05, 0.1) is 29.2 Å². The highest BCUT2D eigenvalue weighted by atomic mass is 16.6. The lowest BCUT2D eigenvalue weighted by Crippen LogP contribution is -2.78. The summed E-state index contributed by atoms with van der Waals surface area (Å²) in [5.41, 5.74) is -9.00. The van der Waals surface area contributed by atoms with E-state index in [0.29, 0.717) is 5.56 Å². The van der Waals surface area contributed by atoms with Gasteiger partial charge in [-0.25, -0.2) is 9.59 Å². The lowest BCUT2D eigenvalue weighted by molar-refractivity contribution is -0.286. The molecule has 2 fully saturated rings. The number of carbonyl (C=O) groups excluding carboxylic acids is 6. The summed E-state index contributed by atoms with van der Waals surface area (Å²) >= 11 is 0. The van der Waals surface area contributed by atoms with E-state index in [4.69, 9.17) is 18.9 Å². The Morgan fingerprint density at radius 3 is 1.89 bits per heavy atom. The van der Waals surface area contributed by atoms with Crippen LogP contribution >= 0.6 is 0 Å². The number of ketones is 1. The Balaban J connectivity index is 1.54. The minimum Gasteiger partial charge on any atom is -0.463 e. The molecule has 0 radical (unpaired) electrons. The van der Waals surface area contributed by atoms with E-state index in [1.165, 1.54) is 64.1 Å². The summed E-state index contributed by atoms with van der Waals surface area (Å²) in [5, 5.41) is 64.3. The second-order valence-corrected chi connectivity index (χ2v) is 17.3. The highest BCUT2D eigenvalue weighted by Gasteiger charge is 2.75. The predicted octanol–water partition coefficient (Wildman–Crippen LogP) is 2.69. The van der Waals surface area contributed by atoms with Crippen LogP contribution in [0, 0.1) is 16.7 Å². The average Bonchev–Trinajstić information content (AvgIpc) is 3.25. The van der Waals surface area contributed by atoms with Crippen LogP contribution in [0.2, 0.25) is 0 Å². The Labute approximate surface area is 363 Å². The molecule has 6 N–H and O–H groups in total. The minimum atomic E-state index is -2.75. The van der Waals surface area contributed by atoms with Gasteiger partial charge in [0.15, 0.2) is 18.0 Å². The van der Waals surface area contributed by atoms with Gasteiger partial charge in [-0.1, -0.05) is 80.6 Å². The summed E-state index contributed by atoms with van der Waals surface area (Å²) < 4.78 is 23.3. The Kier molecular flexibility index (Phi) is 13.2. The van der Waals surface area contributed by atoms with E-state index in [-0.39, 0.29) is 22.3 Å². The number of nitrogens with one attached hydrogen (secondary N) is 1. The van der Waals surface area contributed by atoms with Gasteiger partial charge in [-0.15, -0.1) is 0 Å². The van der Waals surface area contributed by atoms with Gasteiger partial charge in [-0.05, 0) is 54.8 Å². The van der Waals surface area contributed by atoms with E-state index in [2.05, 4.69) is 5.32 Å². The molecule has 1 amide bonds. The minimum absolute atomic E-state index is 0.0365. The van der Waals surface area contributed by atoms with Crippen LogP contribution in [0.1, 0.15) is 86.7 Å². The lowest BCUT2D eigenvalue weighted by Gasteiger charge is -2.64. The molecule has 2 saturated carbocycles. The molecule has 3 aromatic rings. The van der Waals surface area contributed by atoms with E-state index in [1.807, 2.05) is 0 Å². The van der Waals surface area contributed by atoms with Crippen LogP contribution in [0.15, 0.2) is 102 Å². The van der Waals surface area contributed by atoms with E-state index in [1.54, 1.807) is 54.6 Å². The molecule has 3 aliphatic carbocycles. The molecule has 0 saturated heterocycles. The third-order valence-electron chi connectivity index (χ3n) is 13.2. The Bertz CT molecular complexity index is 2260. The van der Waals surface area contributed by atoms with Gasteiger partial charge in [0.1, 0.15) is 30.0 Å². The van der Waals surface area contributed by atoms with Crippen LogP contribution < -0.4 is 5.32 Å². The number of rotatable bonds is 11. The van der Waals surface area contributed by atoms with Gasteiger partial charge in [0.2, 0.25) is 0 Å². The highest BCUT2D eigenvalue weighted by Crippen LogP contribution is 2.62. The monoisotopic (exact) mass is 871 g/mol. The Morgan fingerprint density at radius 2 is 1.33 bits per heavy atom. The average molecular weight is 872 g/mol. The van der Waals surface area contributed by atoms with Gasteiger partial charge in [0.25, 0.3) is 5.91 Å². The molecule has 0 spiro atoms. The predicted molar refractivity (Wildman–Crippen MR) is 221 cm³/mol. The smallest absolute Gasteiger partial charge is 0.338 e. The summed E-state index contributed by atoms with van der Waals surface area (Å²) in [6.45, 7) is 6.62. The fraction of sp³-hybridized carbons (Fsp3) is 0.447. The molecule has 2 unspecified atom stereocenters. The van der Waals surface area contributed by atoms with Crippen LogP contribution in [0.4, 0.5) is 0 Å². The van der Waals surface area contributed by atoms with Crippen molar-refractivity contribution in [3.63, 3.8) is 0 Å². The van der Waals surface area contributed by atoms with Crippen molar-refractivity contribution < 1.29 is 73.2 Å². The summed E-state index contributed by atoms with van der Waals surface area (Å²) in [4.78, 5) is 82.5. The van der Waals surface area contributed by atoms with Crippen molar-refractivity contribution in [2.45, 2.75) is 108 Å². The van der Waals surface area contributed by atoms with Crippen molar-refractivity contribution >= 4 is 35.6 Å². The number of esters is 4. The molecule has 0 aliphatic heterocycles. The van der Waals surface area contributed by atoms with Crippen molar-refractivity contribution in [3.05, 3.63) is 119 Å². The number of amides is 1. The molecule has 0 heterocycles. The first kappa shape index (κ1) is 46.7. The van der Waals surface area contributed by atoms with Gasteiger partial charge in [-0.3, -0.25) is 19.2 Å². The fourth-order valence-corrected chi connectivity index (χ4v) is 9.67. The molecule has 2 bridgehead atoms. The number of hydrogen-bond acceptors (Lipinski definition) is 15.